The molecule has 0 spiro atoms. The summed E-state index contributed by atoms with van der Waals surface area (Å²) in [6.07, 6.45) is 1.43. The highest BCUT2D eigenvalue weighted by molar-refractivity contribution is 5.75. The van der Waals surface area contributed by atoms with E-state index in [2.05, 4.69) is 4.98 Å². The lowest BCUT2D eigenvalue weighted by Gasteiger charge is -1.99. The molecule has 2 aromatic rings. The number of nitrogens with one attached hydrogen (secondary N) is 1. The van der Waals surface area contributed by atoms with Crippen molar-refractivity contribution in [2.24, 2.45) is 0 Å². The summed E-state index contributed by atoms with van der Waals surface area (Å²) in [5.41, 5.74) is 2.32. The van der Waals surface area contributed by atoms with E-state index in [0.29, 0.717) is 12.0 Å². The maximum atomic E-state index is 10.9. The third-order valence-corrected chi connectivity index (χ3v) is 2.15. The SMILES string of the molecule is O=c1[nH]c2c(CCCO)cccc2o1. The first-order valence-corrected chi connectivity index (χ1v) is 4.53. The Hall–Kier alpha value is -1.55. The van der Waals surface area contributed by atoms with Crippen molar-refractivity contribution in [3.05, 3.63) is 34.3 Å². The van der Waals surface area contributed by atoms with Gasteiger partial charge in [0.05, 0.1) is 5.52 Å². The summed E-state index contributed by atoms with van der Waals surface area (Å²) in [5, 5.41) is 8.71. The van der Waals surface area contributed by atoms with Crippen LogP contribution in [0.25, 0.3) is 11.1 Å². The molecule has 0 aliphatic rings. The average Bonchev–Trinajstić information content (AvgIpc) is 2.55. The van der Waals surface area contributed by atoms with E-state index in [9.17, 15) is 4.79 Å². The Morgan fingerprint density at radius 1 is 1.43 bits per heavy atom. The van der Waals surface area contributed by atoms with Crippen molar-refractivity contribution in [3.63, 3.8) is 0 Å². The van der Waals surface area contributed by atoms with Gasteiger partial charge in [-0.05, 0) is 24.5 Å². The Bertz CT molecular complexity index is 483. The van der Waals surface area contributed by atoms with Crippen LogP contribution in [0.5, 0.6) is 0 Å². The first kappa shape index (κ1) is 9.02. The molecule has 2 rings (SSSR count). The van der Waals surface area contributed by atoms with Crippen LogP contribution in [0.1, 0.15) is 12.0 Å². The Kier molecular flexibility index (Phi) is 2.37. The fraction of sp³-hybridized carbons (Fsp3) is 0.300. The number of aliphatic hydroxyl groups is 1. The van der Waals surface area contributed by atoms with Gasteiger partial charge in [-0.15, -0.1) is 0 Å². The van der Waals surface area contributed by atoms with Gasteiger partial charge in [-0.2, -0.15) is 0 Å². The Balaban J connectivity index is 2.47. The molecule has 1 aromatic carbocycles. The lowest BCUT2D eigenvalue weighted by atomic mass is 10.1. The molecule has 4 nitrogen and oxygen atoms in total. The second-order valence-corrected chi connectivity index (χ2v) is 3.13. The van der Waals surface area contributed by atoms with Gasteiger partial charge in [-0.25, -0.2) is 4.79 Å². The molecule has 0 aliphatic heterocycles. The number of aromatic nitrogens is 1. The highest BCUT2D eigenvalue weighted by Crippen LogP contribution is 2.16. The van der Waals surface area contributed by atoms with Gasteiger partial charge >= 0.3 is 5.76 Å². The zero-order chi connectivity index (χ0) is 9.97. The van der Waals surface area contributed by atoms with Crippen molar-refractivity contribution in [1.29, 1.82) is 0 Å². The molecule has 0 atom stereocenters. The predicted molar refractivity (Wildman–Crippen MR) is 52.2 cm³/mol. The maximum Gasteiger partial charge on any atom is 0.417 e. The molecule has 0 unspecified atom stereocenters. The van der Waals surface area contributed by atoms with Gasteiger partial charge in [-0.1, -0.05) is 12.1 Å². The van der Waals surface area contributed by atoms with E-state index in [1.165, 1.54) is 0 Å². The van der Waals surface area contributed by atoms with Gasteiger partial charge in [-0.3, -0.25) is 4.98 Å². The summed E-state index contributed by atoms with van der Waals surface area (Å²) >= 11 is 0. The highest BCUT2D eigenvalue weighted by atomic mass is 16.4. The smallest absolute Gasteiger partial charge is 0.408 e. The number of aryl methyl sites for hydroxylation is 1. The largest absolute Gasteiger partial charge is 0.417 e. The minimum atomic E-state index is -0.434. The minimum absolute atomic E-state index is 0.151. The third kappa shape index (κ3) is 1.56. The van der Waals surface area contributed by atoms with Crippen LogP contribution >= 0.6 is 0 Å². The summed E-state index contributed by atoms with van der Waals surface area (Å²) in [6, 6.07) is 5.50. The number of benzene rings is 1. The number of fused-ring (bicyclic) bond motifs is 1. The Morgan fingerprint density at radius 2 is 2.29 bits per heavy atom. The van der Waals surface area contributed by atoms with Crippen LogP contribution in [0.2, 0.25) is 0 Å². The lowest BCUT2D eigenvalue weighted by Crippen LogP contribution is -1.95. The Morgan fingerprint density at radius 3 is 3.07 bits per heavy atom. The van der Waals surface area contributed by atoms with Gasteiger partial charge in [0.15, 0.2) is 5.58 Å². The molecule has 0 aliphatic carbocycles. The fourth-order valence-electron chi connectivity index (χ4n) is 1.51. The van der Waals surface area contributed by atoms with Gasteiger partial charge in [0.2, 0.25) is 0 Å². The number of aromatic amines is 1. The number of aliphatic hydroxyl groups excluding tert-OH is 1. The van der Waals surface area contributed by atoms with E-state index in [1.807, 2.05) is 12.1 Å². The molecule has 0 bridgehead atoms. The molecule has 0 amide bonds. The van der Waals surface area contributed by atoms with Crippen molar-refractivity contribution in [2.75, 3.05) is 6.61 Å². The van der Waals surface area contributed by atoms with Crippen LogP contribution in [0.15, 0.2) is 27.4 Å². The standard InChI is InChI=1S/C10H11NO3/c12-6-2-4-7-3-1-5-8-9(7)11-10(13)14-8/h1,3,5,12H,2,4,6H2,(H,11,13). The van der Waals surface area contributed by atoms with E-state index < -0.39 is 5.76 Å². The maximum absolute atomic E-state index is 10.9. The summed E-state index contributed by atoms with van der Waals surface area (Å²) in [4.78, 5) is 13.6. The van der Waals surface area contributed by atoms with E-state index >= 15 is 0 Å². The molecule has 0 saturated carbocycles. The molecule has 4 heteroatoms. The molecule has 1 heterocycles. The molecule has 0 radical (unpaired) electrons. The monoisotopic (exact) mass is 193 g/mol. The first-order valence-electron chi connectivity index (χ1n) is 4.53. The van der Waals surface area contributed by atoms with Crippen LogP contribution in [-0.4, -0.2) is 16.7 Å². The van der Waals surface area contributed by atoms with E-state index in [-0.39, 0.29) is 6.61 Å². The van der Waals surface area contributed by atoms with Crippen molar-refractivity contribution in [3.8, 4) is 0 Å². The van der Waals surface area contributed by atoms with Gasteiger partial charge in [0.25, 0.3) is 0 Å². The highest BCUT2D eigenvalue weighted by Gasteiger charge is 2.04. The normalized spacial score (nSPS) is 10.9. The van der Waals surface area contributed by atoms with Crippen LogP contribution in [0.3, 0.4) is 0 Å². The zero-order valence-electron chi connectivity index (χ0n) is 7.62. The number of H-pyrrole nitrogens is 1. The van der Waals surface area contributed by atoms with Crippen LogP contribution in [0.4, 0.5) is 0 Å². The number of oxazole rings is 1. The number of hydrogen-bond donors (Lipinski definition) is 2. The molecule has 0 fully saturated rings. The zero-order valence-corrected chi connectivity index (χ0v) is 7.62. The number of para-hydroxylation sites is 1. The Labute approximate surface area is 80.2 Å². The molecule has 2 N–H and O–H groups in total. The second-order valence-electron chi connectivity index (χ2n) is 3.13. The molecule has 0 saturated heterocycles. The molecule has 14 heavy (non-hydrogen) atoms. The van der Waals surface area contributed by atoms with Crippen LogP contribution in [-0.2, 0) is 6.42 Å². The summed E-state index contributed by atoms with van der Waals surface area (Å²) in [5.74, 6) is -0.434. The van der Waals surface area contributed by atoms with Crippen molar-refractivity contribution in [1.82, 2.24) is 4.98 Å². The lowest BCUT2D eigenvalue weighted by molar-refractivity contribution is 0.288. The van der Waals surface area contributed by atoms with Crippen molar-refractivity contribution < 1.29 is 9.52 Å². The van der Waals surface area contributed by atoms with Gasteiger partial charge < -0.3 is 9.52 Å². The third-order valence-electron chi connectivity index (χ3n) is 2.15. The molecule has 74 valence electrons. The average molecular weight is 193 g/mol. The van der Waals surface area contributed by atoms with Crippen molar-refractivity contribution >= 4 is 11.1 Å². The summed E-state index contributed by atoms with van der Waals surface area (Å²) in [7, 11) is 0. The topological polar surface area (TPSA) is 66.2 Å². The quantitative estimate of drug-likeness (QED) is 0.765. The number of hydrogen-bond acceptors (Lipinski definition) is 3. The first-order chi connectivity index (χ1) is 6.81. The van der Waals surface area contributed by atoms with Crippen LogP contribution < -0.4 is 5.76 Å². The van der Waals surface area contributed by atoms with E-state index in [0.717, 1.165) is 17.5 Å². The van der Waals surface area contributed by atoms with Crippen LogP contribution in [0, 0.1) is 0 Å². The molecular formula is C10H11NO3. The van der Waals surface area contributed by atoms with Crippen molar-refractivity contribution in [2.45, 2.75) is 12.8 Å². The predicted octanol–water partition coefficient (Wildman–Crippen LogP) is 1.05. The summed E-state index contributed by atoms with van der Waals surface area (Å²) < 4.78 is 4.91. The summed E-state index contributed by atoms with van der Waals surface area (Å²) in [6.45, 7) is 0.151. The fourth-order valence-corrected chi connectivity index (χ4v) is 1.51. The second kappa shape index (κ2) is 3.67. The molecule has 1 aromatic heterocycles. The van der Waals surface area contributed by atoms with E-state index in [1.54, 1.807) is 6.07 Å². The minimum Gasteiger partial charge on any atom is -0.408 e. The molecular weight excluding hydrogens is 182 g/mol. The van der Waals surface area contributed by atoms with Gasteiger partial charge in [0.1, 0.15) is 0 Å². The number of rotatable bonds is 3. The van der Waals surface area contributed by atoms with E-state index in [4.69, 9.17) is 9.52 Å². The van der Waals surface area contributed by atoms with Gasteiger partial charge in [0, 0.05) is 6.61 Å².